The molecule has 96 valence electrons. The van der Waals surface area contributed by atoms with Crippen LogP contribution in [0.25, 0.3) is 0 Å². The molecule has 0 aliphatic rings. The molecule has 0 atom stereocenters. The molecule has 0 aliphatic carbocycles. The first-order valence-corrected chi connectivity index (χ1v) is 6.21. The minimum atomic E-state index is 0.408. The summed E-state index contributed by atoms with van der Waals surface area (Å²) in [5.74, 6) is 1.61. The summed E-state index contributed by atoms with van der Waals surface area (Å²) in [7, 11) is 0. The molecular weight excluding hydrogens is 228 g/mol. The van der Waals surface area contributed by atoms with Crippen LogP contribution in [0.1, 0.15) is 24.7 Å². The molecule has 0 unspecified atom stereocenters. The van der Waals surface area contributed by atoms with E-state index in [2.05, 4.69) is 23.5 Å². The van der Waals surface area contributed by atoms with Gasteiger partial charge < -0.3 is 14.6 Å². The van der Waals surface area contributed by atoms with E-state index >= 15 is 0 Å². The van der Waals surface area contributed by atoms with E-state index in [1.54, 1.807) is 12.3 Å². The van der Waals surface area contributed by atoms with Gasteiger partial charge in [-0.3, -0.25) is 0 Å². The Balaban J connectivity index is 1.94. The normalized spacial score (nSPS) is 10.5. The van der Waals surface area contributed by atoms with Gasteiger partial charge in [0.05, 0.1) is 6.20 Å². The van der Waals surface area contributed by atoms with E-state index in [-0.39, 0.29) is 0 Å². The van der Waals surface area contributed by atoms with Crippen LogP contribution in [-0.2, 0) is 13.2 Å². The van der Waals surface area contributed by atoms with Crippen molar-refractivity contribution >= 4 is 0 Å². The number of ether oxygens (including phenoxy) is 1. The Morgan fingerprint density at radius 1 is 1.28 bits per heavy atom. The number of nitrogens with zero attached hydrogens (tertiary/aromatic N) is 1. The van der Waals surface area contributed by atoms with Crippen molar-refractivity contribution < 1.29 is 9.26 Å². The first kappa shape index (κ1) is 12.6. The average Bonchev–Trinajstić information content (AvgIpc) is 2.91. The molecule has 1 aromatic heterocycles. The number of hydrogen-bond donors (Lipinski definition) is 1. The quantitative estimate of drug-likeness (QED) is 0.763. The summed E-state index contributed by atoms with van der Waals surface area (Å²) in [5, 5.41) is 7.02. The maximum atomic E-state index is 5.74. The molecule has 4 nitrogen and oxygen atoms in total. The van der Waals surface area contributed by atoms with Crippen molar-refractivity contribution in [2.75, 3.05) is 6.54 Å². The molecule has 0 spiro atoms. The highest BCUT2D eigenvalue weighted by molar-refractivity contribution is 5.33. The van der Waals surface area contributed by atoms with E-state index in [4.69, 9.17) is 9.26 Å². The SMILES string of the molecule is CCCNCc1ccccc1OCc1ccno1. The highest BCUT2D eigenvalue weighted by Crippen LogP contribution is 2.19. The van der Waals surface area contributed by atoms with Gasteiger partial charge in [-0.1, -0.05) is 30.3 Å². The Kier molecular flexibility index (Phi) is 4.78. The highest BCUT2D eigenvalue weighted by Gasteiger charge is 2.04. The van der Waals surface area contributed by atoms with E-state index in [1.807, 2.05) is 18.2 Å². The predicted octanol–water partition coefficient (Wildman–Crippen LogP) is 2.75. The third-order valence-electron chi connectivity index (χ3n) is 2.58. The maximum Gasteiger partial charge on any atom is 0.174 e. The van der Waals surface area contributed by atoms with Gasteiger partial charge in [0.2, 0.25) is 0 Å². The molecule has 0 fully saturated rings. The van der Waals surface area contributed by atoms with E-state index < -0.39 is 0 Å². The Morgan fingerprint density at radius 3 is 2.94 bits per heavy atom. The number of benzene rings is 1. The lowest BCUT2D eigenvalue weighted by Gasteiger charge is -2.10. The number of nitrogens with one attached hydrogen (secondary N) is 1. The molecule has 0 amide bonds. The van der Waals surface area contributed by atoms with E-state index in [0.29, 0.717) is 6.61 Å². The number of aromatic nitrogens is 1. The zero-order valence-electron chi connectivity index (χ0n) is 10.6. The van der Waals surface area contributed by atoms with E-state index in [0.717, 1.165) is 36.6 Å². The fourth-order valence-corrected chi connectivity index (χ4v) is 1.66. The number of para-hydroxylation sites is 1. The van der Waals surface area contributed by atoms with Crippen molar-refractivity contribution in [1.29, 1.82) is 0 Å². The topological polar surface area (TPSA) is 47.3 Å². The summed E-state index contributed by atoms with van der Waals surface area (Å²) in [6.45, 7) is 4.39. The van der Waals surface area contributed by atoms with Gasteiger partial charge in [-0.05, 0) is 19.0 Å². The maximum absolute atomic E-state index is 5.74. The fourth-order valence-electron chi connectivity index (χ4n) is 1.66. The first-order chi connectivity index (χ1) is 8.90. The van der Waals surface area contributed by atoms with Crippen molar-refractivity contribution in [3.63, 3.8) is 0 Å². The van der Waals surface area contributed by atoms with E-state index in [1.165, 1.54) is 0 Å². The van der Waals surface area contributed by atoms with E-state index in [9.17, 15) is 0 Å². The molecule has 0 bridgehead atoms. The molecule has 2 aromatic rings. The lowest BCUT2D eigenvalue weighted by atomic mass is 10.2. The van der Waals surface area contributed by atoms with Gasteiger partial charge in [-0.25, -0.2) is 0 Å². The largest absolute Gasteiger partial charge is 0.485 e. The molecule has 1 heterocycles. The molecule has 0 radical (unpaired) electrons. The molecule has 0 saturated carbocycles. The van der Waals surface area contributed by atoms with Crippen molar-refractivity contribution in [2.24, 2.45) is 0 Å². The third-order valence-corrected chi connectivity index (χ3v) is 2.58. The highest BCUT2D eigenvalue weighted by atomic mass is 16.5. The summed E-state index contributed by atoms with van der Waals surface area (Å²) in [6, 6.07) is 9.83. The van der Waals surface area contributed by atoms with Crippen LogP contribution < -0.4 is 10.1 Å². The lowest BCUT2D eigenvalue weighted by molar-refractivity contribution is 0.247. The van der Waals surface area contributed by atoms with Crippen molar-refractivity contribution in [3.8, 4) is 5.75 Å². The van der Waals surface area contributed by atoms with Crippen LogP contribution in [0.5, 0.6) is 5.75 Å². The zero-order chi connectivity index (χ0) is 12.6. The van der Waals surface area contributed by atoms with Crippen LogP contribution >= 0.6 is 0 Å². The minimum absolute atomic E-state index is 0.408. The van der Waals surface area contributed by atoms with Crippen LogP contribution in [0.3, 0.4) is 0 Å². The second-order valence-electron chi connectivity index (χ2n) is 4.05. The summed E-state index contributed by atoms with van der Waals surface area (Å²) >= 11 is 0. The smallest absolute Gasteiger partial charge is 0.174 e. The van der Waals surface area contributed by atoms with Crippen LogP contribution in [0, 0.1) is 0 Å². The fraction of sp³-hybridized carbons (Fsp3) is 0.357. The van der Waals surface area contributed by atoms with Gasteiger partial charge in [-0.2, -0.15) is 0 Å². The molecule has 2 rings (SSSR count). The van der Waals surface area contributed by atoms with Crippen molar-refractivity contribution in [1.82, 2.24) is 10.5 Å². The van der Waals surface area contributed by atoms with Crippen LogP contribution in [-0.4, -0.2) is 11.7 Å². The molecule has 1 N–H and O–H groups in total. The van der Waals surface area contributed by atoms with Crippen LogP contribution in [0.2, 0.25) is 0 Å². The van der Waals surface area contributed by atoms with Crippen molar-refractivity contribution in [2.45, 2.75) is 26.5 Å². The molecule has 0 aliphatic heterocycles. The van der Waals surface area contributed by atoms with Crippen LogP contribution in [0.15, 0.2) is 41.1 Å². The Hall–Kier alpha value is -1.81. The molecule has 4 heteroatoms. The molecular formula is C14H18N2O2. The minimum Gasteiger partial charge on any atom is -0.485 e. The van der Waals surface area contributed by atoms with Gasteiger partial charge in [0, 0.05) is 18.2 Å². The van der Waals surface area contributed by atoms with Gasteiger partial charge in [0.1, 0.15) is 12.4 Å². The zero-order valence-corrected chi connectivity index (χ0v) is 10.6. The second kappa shape index (κ2) is 6.81. The van der Waals surface area contributed by atoms with Gasteiger partial charge in [0.15, 0.2) is 5.76 Å². The average molecular weight is 246 g/mol. The van der Waals surface area contributed by atoms with Gasteiger partial charge in [0.25, 0.3) is 0 Å². The van der Waals surface area contributed by atoms with Gasteiger partial charge >= 0.3 is 0 Å². The van der Waals surface area contributed by atoms with Crippen LogP contribution in [0.4, 0.5) is 0 Å². The Labute approximate surface area is 107 Å². The second-order valence-corrected chi connectivity index (χ2v) is 4.05. The third kappa shape index (κ3) is 3.60. The standard InChI is InChI=1S/C14H18N2O2/c1-2-8-15-10-12-5-3-4-6-14(12)17-11-13-7-9-16-18-13/h3-7,9,15H,2,8,10-11H2,1H3. The molecule has 0 saturated heterocycles. The summed E-state index contributed by atoms with van der Waals surface area (Å²) in [6.07, 6.45) is 2.74. The lowest BCUT2D eigenvalue weighted by Crippen LogP contribution is -2.14. The summed E-state index contributed by atoms with van der Waals surface area (Å²) < 4.78 is 10.7. The molecule has 18 heavy (non-hydrogen) atoms. The molecule has 1 aromatic carbocycles. The number of rotatable bonds is 7. The Morgan fingerprint density at radius 2 is 2.17 bits per heavy atom. The first-order valence-electron chi connectivity index (χ1n) is 6.21. The predicted molar refractivity (Wildman–Crippen MR) is 69.3 cm³/mol. The summed E-state index contributed by atoms with van der Waals surface area (Å²) in [5.41, 5.74) is 1.16. The summed E-state index contributed by atoms with van der Waals surface area (Å²) in [4.78, 5) is 0. The Bertz CT molecular complexity index is 455. The van der Waals surface area contributed by atoms with Crippen molar-refractivity contribution in [3.05, 3.63) is 47.9 Å². The number of hydrogen-bond acceptors (Lipinski definition) is 4. The monoisotopic (exact) mass is 246 g/mol. The van der Waals surface area contributed by atoms with Gasteiger partial charge in [-0.15, -0.1) is 0 Å².